The smallest absolute Gasteiger partial charge is 0.326 e. The number of sulfonamides is 1. The first-order chi connectivity index (χ1) is 11.9. The number of carbonyl (C=O) groups excluding carboxylic acids is 1. The van der Waals surface area contributed by atoms with Crippen molar-refractivity contribution in [3.63, 3.8) is 0 Å². The first kappa shape index (κ1) is 19.4. The van der Waals surface area contributed by atoms with Crippen molar-refractivity contribution in [1.29, 1.82) is 0 Å². The molecule has 25 heavy (non-hydrogen) atoms. The minimum absolute atomic E-state index is 0.00829. The number of hydrogen-bond donors (Lipinski definition) is 2. The van der Waals surface area contributed by atoms with E-state index in [4.69, 9.17) is 0 Å². The number of rotatable bonds is 9. The highest BCUT2D eigenvalue weighted by Gasteiger charge is 2.25. The van der Waals surface area contributed by atoms with Crippen molar-refractivity contribution < 1.29 is 23.1 Å². The van der Waals surface area contributed by atoms with E-state index in [-0.39, 0.29) is 25.0 Å². The zero-order valence-electron chi connectivity index (χ0n) is 14.1. The first-order valence-electron chi connectivity index (χ1n) is 8.42. The fraction of sp³-hybridized carbons (Fsp3) is 0.529. The standard InChI is InChI=1S/C17H24N2O5S/c20-16(9-6-12-25(23,24)19-10-4-5-11-19)18-15(17(21)22)13-14-7-2-1-3-8-14/h1-3,7-8,15H,4-6,9-13H2,(H,18,20)(H,21,22)/t15-/m1/s1. The van der Waals surface area contributed by atoms with E-state index in [2.05, 4.69) is 5.32 Å². The predicted molar refractivity (Wildman–Crippen MR) is 93.5 cm³/mol. The lowest BCUT2D eigenvalue weighted by atomic mass is 10.1. The molecule has 1 fully saturated rings. The summed E-state index contributed by atoms with van der Waals surface area (Å²) in [5.74, 6) is -1.64. The van der Waals surface area contributed by atoms with Crippen molar-refractivity contribution in [2.45, 2.75) is 38.1 Å². The van der Waals surface area contributed by atoms with E-state index in [0.717, 1.165) is 18.4 Å². The molecule has 1 aliphatic rings. The van der Waals surface area contributed by atoms with Crippen molar-refractivity contribution in [2.24, 2.45) is 0 Å². The van der Waals surface area contributed by atoms with Crippen LogP contribution in [-0.2, 0) is 26.0 Å². The van der Waals surface area contributed by atoms with Gasteiger partial charge in [0.25, 0.3) is 0 Å². The molecule has 0 radical (unpaired) electrons. The van der Waals surface area contributed by atoms with Crippen LogP contribution in [0.3, 0.4) is 0 Å². The van der Waals surface area contributed by atoms with Gasteiger partial charge in [0.1, 0.15) is 6.04 Å². The van der Waals surface area contributed by atoms with Gasteiger partial charge in [-0.25, -0.2) is 17.5 Å². The summed E-state index contributed by atoms with van der Waals surface area (Å²) in [7, 11) is -3.31. The van der Waals surface area contributed by atoms with Crippen molar-refractivity contribution >= 4 is 21.9 Å². The normalized spacial score (nSPS) is 16.5. The number of amides is 1. The Hall–Kier alpha value is -1.93. The maximum Gasteiger partial charge on any atom is 0.326 e. The van der Waals surface area contributed by atoms with Crippen LogP contribution in [0.25, 0.3) is 0 Å². The second-order valence-electron chi connectivity index (χ2n) is 6.17. The van der Waals surface area contributed by atoms with Gasteiger partial charge in [-0.3, -0.25) is 4.79 Å². The maximum absolute atomic E-state index is 12.1. The van der Waals surface area contributed by atoms with Crippen LogP contribution in [0.2, 0.25) is 0 Å². The molecule has 2 N–H and O–H groups in total. The van der Waals surface area contributed by atoms with E-state index in [1.807, 2.05) is 6.07 Å². The van der Waals surface area contributed by atoms with Crippen molar-refractivity contribution in [2.75, 3.05) is 18.8 Å². The van der Waals surface area contributed by atoms with Gasteiger partial charge < -0.3 is 10.4 Å². The number of nitrogens with zero attached hydrogens (tertiary/aromatic N) is 1. The quantitative estimate of drug-likeness (QED) is 0.677. The Morgan fingerprint density at radius 2 is 1.80 bits per heavy atom. The SMILES string of the molecule is O=C(CCCS(=O)(=O)N1CCCC1)N[C@H](Cc1ccccc1)C(=O)O. The monoisotopic (exact) mass is 368 g/mol. The van der Waals surface area contributed by atoms with Crippen molar-refractivity contribution in [1.82, 2.24) is 9.62 Å². The summed E-state index contributed by atoms with van der Waals surface area (Å²) in [6, 6.07) is 8.01. The fourth-order valence-corrected chi connectivity index (χ4v) is 4.41. The molecule has 8 heteroatoms. The Balaban J connectivity index is 1.80. The van der Waals surface area contributed by atoms with Gasteiger partial charge in [0.15, 0.2) is 0 Å². The number of aliphatic carboxylic acids is 1. The molecule has 7 nitrogen and oxygen atoms in total. The topological polar surface area (TPSA) is 104 Å². The molecular formula is C17H24N2O5S. The number of nitrogens with one attached hydrogen (secondary N) is 1. The molecule has 1 aliphatic heterocycles. The molecule has 0 bridgehead atoms. The lowest BCUT2D eigenvalue weighted by molar-refractivity contribution is -0.141. The Labute approximate surface area is 148 Å². The van der Waals surface area contributed by atoms with Crippen LogP contribution in [0.4, 0.5) is 0 Å². The summed E-state index contributed by atoms with van der Waals surface area (Å²) in [5, 5.41) is 11.7. The molecule has 0 unspecified atom stereocenters. The average molecular weight is 368 g/mol. The molecule has 1 saturated heterocycles. The lowest BCUT2D eigenvalue weighted by Crippen LogP contribution is -2.42. The van der Waals surface area contributed by atoms with Gasteiger partial charge in [-0.05, 0) is 24.8 Å². The van der Waals surface area contributed by atoms with Crippen LogP contribution >= 0.6 is 0 Å². The maximum atomic E-state index is 12.1. The van der Waals surface area contributed by atoms with Crippen LogP contribution in [0.1, 0.15) is 31.2 Å². The molecule has 1 heterocycles. The first-order valence-corrected chi connectivity index (χ1v) is 10.0. The highest BCUT2D eigenvalue weighted by Crippen LogP contribution is 2.14. The molecular weight excluding hydrogens is 344 g/mol. The molecule has 0 spiro atoms. The number of benzene rings is 1. The second kappa shape index (κ2) is 8.96. The van der Waals surface area contributed by atoms with E-state index in [0.29, 0.717) is 13.1 Å². The number of carboxylic acid groups (broad SMARTS) is 1. The van der Waals surface area contributed by atoms with Crippen LogP contribution in [-0.4, -0.2) is 54.6 Å². The largest absolute Gasteiger partial charge is 0.480 e. The van der Waals surface area contributed by atoms with Gasteiger partial charge in [-0.1, -0.05) is 30.3 Å². The van der Waals surface area contributed by atoms with Gasteiger partial charge in [0.2, 0.25) is 15.9 Å². The summed E-state index contributed by atoms with van der Waals surface area (Å²) in [6.45, 7) is 1.10. The number of hydrogen-bond acceptors (Lipinski definition) is 4. The lowest BCUT2D eigenvalue weighted by Gasteiger charge is -2.16. The van der Waals surface area contributed by atoms with E-state index >= 15 is 0 Å². The van der Waals surface area contributed by atoms with E-state index < -0.39 is 27.9 Å². The highest BCUT2D eigenvalue weighted by atomic mass is 32.2. The Morgan fingerprint density at radius 3 is 2.40 bits per heavy atom. The van der Waals surface area contributed by atoms with Gasteiger partial charge in [0.05, 0.1) is 5.75 Å². The highest BCUT2D eigenvalue weighted by molar-refractivity contribution is 7.89. The summed E-state index contributed by atoms with van der Waals surface area (Å²) in [5.41, 5.74) is 0.812. The zero-order chi connectivity index (χ0) is 18.3. The Bertz CT molecular complexity index is 684. The molecule has 0 saturated carbocycles. The Kier molecular flexibility index (Phi) is 6.95. The molecule has 1 aromatic rings. The third kappa shape index (κ3) is 6.13. The fourth-order valence-electron chi connectivity index (χ4n) is 2.83. The van der Waals surface area contributed by atoms with Crippen LogP contribution in [0, 0.1) is 0 Å². The number of carboxylic acids is 1. The summed E-state index contributed by atoms with van der Waals surface area (Å²) < 4.78 is 25.6. The minimum atomic E-state index is -3.31. The number of carbonyl (C=O) groups is 2. The second-order valence-corrected chi connectivity index (χ2v) is 8.26. The third-order valence-electron chi connectivity index (χ3n) is 4.18. The summed E-state index contributed by atoms with van der Waals surface area (Å²) in [6.07, 6.45) is 2.11. The molecule has 0 aromatic heterocycles. The van der Waals surface area contributed by atoms with E-state index in [1.54, 1.807) is 24.3 Å². The van der Waals surface area contributed by atoms with Crippen LogP contribution in [0.5, 0.6) is 0 Å². The van der Waals surface area contributed by atoms with Crippen LogP contribution in [0.15, 0.2) is 30.3 Å². The van der Waals surface area contributed by atoms with Gasteiger partial charge in [-0.15, -0.1) is 0 Å². The van der Waals surface area contributed by atoms with Gasteiger partial charge >= 0.3 is 5.97 Å². The molecule has 138 valence electrons. The molecule has 2 rings (SSSR count). The average Bonchev–Trinajstić information content (AvgIpc) is 3.10. The Morgan fingerprint density at radius 1 is 1.16 bits per heavy atom. The molecule has 1 amide bonds. The zero-order valence-corrected chi connectivity index (χ0v) is 14.9. The molecule has 1 aromatic carbocycles. The third-order valence-corrected chi connectivity index (χ3v) is 6.14. The van der Waals surface area contributed by atoms with Crippen LogP contribution < -0.4 is 5.32 Å². The summed E-state index contributed by atoms with van der Waals surface area (Å²) in [4.78, 5) is 23.3. The molecule has 0 aliphatic carbocycles. The summed E-state index contributed by atoms with van der Waals surface area (Å²) >= 11 is 0. The van der Waals surface area contributed by atoms with Crippen molar-refractivity contribution in [3.05, 3.63) is 35.9 Å². The van der Waals surface area contributed by atoms with Gasteiger partial charge in [0, 0.05) is 25.9 Å². The van der Waals surface area contributed by atoms with E-state index in [1.165, 1.54) is 4.31 Å². The van der Waals surface area contributed by atoms with Crippen molar-refractivity contribution in [3.8, 4) is 0 Å². The van der Waals surface area contributed by atoms with Gasteiger partial charge in [-0.2, -0.15) is 0 Å². The van der Waals surface area contributed by atoms with E-state index in [9.17, 15) is 23.1 Å². The predicted octanol–water partition coefficient (Wildman–Crippen LogP) is 1.00. The minimum Gasteiger partial charge on any atom is -0.480 e. The molecule has 1 atom stereocenters.